The maximum Gasteiger partial charge on any atom is 0.275 e. The second-order valence-electron chi connectivity index (χ2n) is 8.61. The predicted octanol–water partition coefficient (Wildman–Crippen LogP) is 3.95. The Bertz CT molecular complexity index is 1110. The van der Waals surface area contributed by atoms with Gasteiger partial charge in [0.15, 0.2) is 11.5 Å². The number of piperidine rings is 2. The summed E-state index contributed by atoms with van der Waals surface area (Å²) in [5, 5.41) is 8.81. The minimum atomic E-state index is -0.195. The predicted molar refractivity (Wildman–Crippen MR) is 120 cm³/mol. The molecule has 1 aliphatic carbocycles. The second-order valence-corrected chi connectivity index (χ2v) is 9.05. The fraction of sp³-hybridized carbons (Fsp3) is 0.391. The Morgan fingerprint density at radius 2 is 1.94 bits per heavy atom. The fourth-order valence-electron chi connectivity index (χ4n) is 4.96. The largest absolute Gasteiger partial charge is 0.383 e. The van der Waals surface area contributed by atoms with Crippen LogP contribution in [0.2, 0.25) is 5.02 Å². The first-order valence-electron chi connectivity index (χ1n) is 10.6. The van der Waals surface area contributed by atoms with E-state index >= 15 is 0 Å². The van der Waals surface area contributed by atoms with Crippen molar-refractivity contribution in [2.45, 2.75) is 31.7 Å². The quantitative estimate of drug-likeness (QED) is 0.655. The number of benzene rings is 1. The van der Waals surface area contributed by atoms with Crippen molar-refractivity contribution in [3.05, 3.63) is 59.1 Å². The monoisotopic (exact) mass is 436 g/mol. The SMILES string of the molecule is Cc1c(-c2ncccn2)c(C(=O)N2CCC3CC2(CNc2ccc(Cl)cc2)C3)nn1C. The lowest BCUT2D eigenvalue weighted by atomic mass is 9.62. The van der Waals surface area contributed by atoms with Gasteiger partial charge in [0.25, 0.3) is 5.91 Å². The summed E-state index contributed by atoms with van der Waals surface area (Å²) in [6, 6.07) is 9.46. The number of fused-ring (bicyclic) bond motifs is 2. The van der Waals surface area contributed by atoms with E-state index in [1.54, 1.807) is 23.1 Å². The first kappa shape index (κ1) is 20.0. The van der Waals surface area contributed by atoms with E-state index < -0.39 is 0 Å². The summed E-state index contributed by atoms with van der Waals surface area (Å²) >= 11 is 6.01. The van der Waals surface area contributed by atoms with Crippen LogP contribution in [0, 0.1) is 12.8 Å². The summed E-state index contributed by atoms with van der Waals surface area (Å²) in [5.41, 5.74) is 2.84. The van der Waals surface area contributed by atoms with E-state index in [1.807, 2.05) is 43.1 Å². The maximum atomic E-state index is 13.8. The van der Waals surface area contributed by atoms with Gasteiger partial charge in [-0.25, -0.2) is 9.97 Å². The molecule has 1 aromatic carbocycles. The summed E-state index contributed by atoms with van der Waals surface area (Å²) in [4.78, 5) is 24.6. The Hall–Kier alpha value is -2.93. The number of halogens is 1. The molecule has 1 N–H and O–H groups in total. The molecule has 7 nitrogen and oxygen atoms in total. The van der Waals surface area contributed by atoms with Crippen molar-refractivity contribution in [2.24, 2.45) is 13.0 Å². The van der Waals surface area contributed by atoms with Crippen LogP contribution >= 0.6 is 11.6 Å². The van der Waals surface area contributed by atoms with Gasteiger partial charge in [0.05, 0.1) is 11.1 Å². The van der Waals surface area contributed by atoms with Crippen LogP contribution < -0.4 is 5.32 Å². The van der Waals surface area contributed by atoms with Crippen LogP contribution in [0.15, 0.2) is 42.7 Å². The van der Waals surface area contributed by atoms with Gasteiger partial charge in [-0.3, -0.25) is 9.48 Å². The standard InChI is InChI=1S/C23H25ClN6O/c1-15-19(21-25-9-3-10-26-21)20(28-29(15)2)22(31)30-11-8-16-12-23(30,13-16)14-27-18-6-4-17(24)5-7-18/h3-7,9-10,16,27H,8,11-14H2,1-2H3. The zero-order valence-electron chi connectivity index (χ0n) is 17.7. The summed E-state index contributed by atoms with van der Waals surface area (Å²) in [5.74, 6) is 1.19. The lowest BCUT2D eigenvalue weighted by Crippen LogP contribution is -2.67. The van der Waals surface area contributed by atoms with Gasteiger partial charge in [-0.2, -0.15) is 5.10 Å². The minimum absolute atomic E-state index is 0.0396. The van der Waals surface area contributed by atoms with Crippen LogP contribution in [-0.2, 0) is 7.05 Å². The molecule has 31 heavy (non-hydrogen) atoms. The van der Waals surface area contributed by atoms with E-state index in [2.05, 4.69) is 20.4 Å². The molecule has 2 aromatic heterocycles. The molecule has 3 aliphatic rings. The minimum Gasteiger partial charge on any atom is -0.383 e. The van der Waals surface area contributed by atoms with Gasteiger partial charge >= 0.3 is 0 Å². The van der Waals surface area contributed by atoms with Crippen molar-refractivity contribution in [3.8, 4) is 11.4 Å². The second kappa shape index (κ2) is 7.64. The fourth-order valence-corrected chi connectivity index (χ4v) is 5.09. The van der Waals surface area contributed by atoms with Crippen LogP contribution in [0.25, 0.3) is 11.4 Å². The molecule has 3 fully saturated rings. The number of hydrogen-bond acceptors (Lipinski definition) is 5. The lowest BCUT2D eigenvalue weighted by Gasteiger charge is -2.59. The van der Waals surface area contributed by atoms with Crippen molar-refractivity contribution >= 4 is 23.2 Å². The molecule has 1 amide bonds. The molecule has 0 unspecified atom stereocenters. The Morgan fingerprint density at radius 3 is 2.65 bits per heavy atom. The number of anilines is 1. The van der Waals surface area contributed by atoms with Crippen LogP contribution in [-0.4, -0.2) is 49.2 Å². The van der Waals surface area contributed by atoms with Crippen molar-refractivity contribution < 1.29 is 4.79 Å². The summed E-state index contributed by atoms with van der Waals surface area (Å²) in [6.45, 7) is 3.40. The molecule has 6 rings (SSSR count). The Labute approximate surface area is 186 Å². The zero-order chi connectivity index (χ0) is 21.6. The highest BCUT2D eigenvalue weighted by Gasteiger charge is 2.54. The van der Waals surface area contributed by atoms with Crippen LogP contribution in [0.5, 0.6) is 0 Å². The van der Waals surface area contributed by atoms with Crippen LogP contribution in [0.4, 0.5) is 5.69 Å². The highest BCUT2D eigenvalue weighted by atomic mass is 35.5. The van der Waals surface area contributed by atoms with Gasteiger partial charge in [0.2, 0.25) is 0 Å². The van der Waals surface area contributed by atoms with Crippen LogP contribution in [0.3, 0.4) is 0 Å². The highest BCUT2D eigenvalue weighted by molar-refractivity contribution is 6.30. The number of carbonyl (C=O) groups is 1. The maximum absolute atomic E-state index is 13.8. The number of aryl methyl sites for hydroxylation is 1. The highest BCUT2D eigenvalue weighted by Crippen LogP contribution is 2.49. The summed E-state index contributed by atoms with van der Waals surface area (Å²) < 4.78 is 1.74. The van der Waals surface area contributed by atoms with Gasteiger partial charge in [-0.15, -0.1) is 0 Å². The Balaban J connectivity index is 1.44. The molecule has 2 saturated heterocycles. The Morgan fingerprint density at radius 1 is 1.23 bits per heavy atom. The average molecular weight is 437 g/mol. The van der Waals surface area contributed by atoms with E-state index in [1.165, 1.54) is 0 Å². The molecule has 3 aromatic rings. The van der Waals surface area contributed by atoms with Gasteiger partial charge in [0, 0.05) is 48.9 Å². The van der Waals surface area contributed by atoms with Crippen molar-refractivity contribution in [1.29, 1.82) is 0 Å². The molecule has 1 saturated carbocycles. The number of nitrogens with one attached hydrogen (secondary N) is 1. The van der Waals surface area contributed by atoms with Gasteiger partial charge < -0.3 is 10.2 Å². The summed E-state index contributed by atoms with van der Waals surface area (Å²) in [7, 11) is 1.85. The van der Waals surface area contributed by atoms with E-state index in [4.69, 9.17) is 11.6 Å². The third-order valence-corrected chi connectivity index (χ3v) is 6.96. The third-order valence-electron chi connectivity index (χ3n) is 6.71. The molecule has 2 aliphatic heterocycles. The number of nitrogens with zero attached hydrogens (tertiary/aromatic N) is 5. The zero-order valence-corrected chi connectivity index (χ0v) is 18.4. The van der Waals surface area contributed by atoms with Gasteiger partial charge in [-0.05, 0) is 62.4 Å². The van der Waals surface area contributed by atoms with Crippen LogP contribution in [0.1, 0.15) is 35.4 Å². The molecular weight excluding hydrogens is 412 g/mol. The van der Waals surface area contributed by atoms with E-state index in [0.717, 1.165) is 42.8 Å². The smallest absolute Gasteiger partial charge is 0.275 e. The lowest BCUT2D eigenvalue weighted by molar-refractivity contribution is -0.0489. The molecule has 0 atom stereocenters. The molecule has 2 bridgehead atoms. The molecular formula is C23H25ClN6O. The van der Waals surface area contributed by atoms with E-state index in [-0.39, 0.29) is 11.4 Å². The molecule has 8 heteroatoms. The van der Waals surface area contributed by atoms with Crippen molar-refractivity contribution in [3.63, 3.8) is 0 Å². The molecule has 0 spiro atoms. The van der Waals surface area contributed by atoms with Gasteiger partial charge in [-0.1, -0.05) is 11.6 Å². The Kier molecular flexibility index (Phi) is 4.93. The number of rotatable bonds is 5. The normalized spacial score (nSPS) is 22.2. The molecule has 160 valence electrons. The molecule has 4 heterocycles. The first-order chi connectivity index (χ1) is 15.0. The number of hydrogen-bond donors (Lipinski definition) is 1. The average Bonchev–Trinajstić information content (AvgIpc) is 3.07. The third kappa shape index (κ3) is 3.47. The number of amides is 1. The topological polar surface area (TPSA) is 75.9 Å². The van der Waals surface area contributed by atoms with E-state index in [0.29, 0.717) is 29.0 Å². The van der Waals surface area contributed by atoms with Crippen molar-refractivity contribution in [1.82, 2.24) is 24.6 Å². The number of aromatic nitrogens is 4. The van der Waals surface area contributed by atoms with Gasteiger partial charge in [0.1, 0.15) is 0 Å². The molecule has 0 radical (unpaired) electrons. The summed E-state index contributed by atoms with van der Waals surface area (Å²) in [6.07, 6.45) is 6.46. The van der Waals surface area contributed by atoms with E-state index in [9.17, 15) is 4.79 Å². The van der Waals surface area contributed by atoms with Crippen molar-refractivity contribution in [2.75, 3.05) is 18.4 Å². The first-order valence-corrected chi connectivity index (χ1v) is 11.0. The number of carbonyl (C=O) groups excluding carboxylic acids is 1.